The highest BCUT2D eigenvalue weighted by Gasteiger charge is 2.22. The van der Waals surface area contributed by atoms with Crippen LogP contribution >= 0.6 is 11.3 Å². The first-order valence-electron chi connectivity index (χ1n) is 12.4. The van der Waals surface area contributed by atoms with Crippen LogP contribution in [0.15, 0.2) is 35.3 Å². The normalized spacial score (nSPS) is 16.2. The predicted octanol–water partition coefficient (Wildman–Crippen LogP) is 5.58. The Labute approximate surface area is 215 Å². The number of aliphatic imine (C=N–C) groups is 1. The number of rotatable bonds is 3. The molecule has 3 aromatic rings. The van der Waals surface area contributed by atoms with E-state index in [4.69, 9.17) is 4.99 Å². The molecule has 2 fully saturated rings. The number of carboxylic acid groups (broad SMARTS) is 1. The minimum absolute atomic E-state index is 0. The highest BCUT2D eigenvalue weighted by molar-refractivity contribution is 7.21. The maximum absolute atomic E-state index is 13.3. The first-order valence-corrected chi connectivity index (χ1v) is 13.2. The van der Waals surface area contributed by atoms with Crippen LogP contribution in [0.2, 0.25) is 0 Å². The van der Waals surface area contributed by atoms with Gasteiger partial charge >= 0.3 is 5.97 Å². The van der Waals surface area contributed by atoms with Crippen molar-refractivity contribution in [3.05, 3.63) is 46.6 Å². The van der Waals surface area contributed by atoms with E-state index >= 15 is 0 Å². The van der Waals surface area contributed by atoms with Gasteiger partial charge in [0.1, 0.15) is 27.0 Å². The largest absolute Gasteiger partial charge is 0.477 e. The van der Waals surface area contributed by atoms with E-state index in [1.807, 2.05) is 19.9 Å². The van der Waals surface area contributed by atoms with Gasteiger partial charge in [0.25, 0.3) is 0 Å². The number of thiophene rings is 1. The summed E-state index contributed by atoms with van der Waals surface area (Å²) in [6, 6.07) is 8.04. The second-order valence-corrected chi connectivity index (χ2v) is 10.1. The molecule has 0 radical (unpaired) electrons. The number of pyridine rings is 1. The molecular weight excluding hydrogens is 479 g/mol. The zero-order valence-electron chi connectivity index (χ0n) is 20.9. The van der Waals surface area contributed by atoms with E-state index in [1.54, 1.807) is 12.1 Å². The van der Waals surface area contributed by atoms with Crippen molar-refractivity contribution in [3.8, 4) is 11.3 Å². The first-order chi connectivity index (χ1) is 16.9. The van der Waals surface area contributed by atoms with Crippen LogP contribution in [0.5, 0.6) is 0 Å². The van der Waals surface area contributed by atoms with E-state index in [2.05, 4.69) is 15.2 Å². The molecule has 2 saturated heterocycles. The quantitative estimate of drug-likeness (QED) is 0.350. The Morgan fingerprint density at radius 1 is 1.08 bits per heavy atom. The second-order valence-electron chi connectivity index (χ2n) is 9.11. The first kappa shape index (κ1) is 27.7. The Bertz CT molecular complexity index is 1190. The molecule has 9 heteroatoms. The Balaban J connectivity index is 0.000000453. The smallest absolute Gasteiger partial charge is 0.348 e. The van der Waals surface area contributed by atoms with Gasteiger partial charge in [0.2, 0.25) is 0 Å². The van der Waals surface area contributed by atoms with Gasteiger partial charge in [0, 0.05) is 24.0 Å². The summed E-state index contributed by atoms with van der Waals surface area (Å²) in [5.41, 5.74) is 2.87. The van der Waals surface area contributed by atoms with E-state index in [-0.39, 0.29) is 16.2 Å². The minimum Gasteiger partial charge on any atom is -0.477 e. The number of benzene rings is 1. The summed E-state index contributed by atoms with van der Waals surface area (Å²) in [7, 11) is 0. The van der Waals surface area contributed by atoms with Crippen molar-refractivity contribution in [3.63, 3.8) is 0 Å². The van der Waals surface area contributed by atoms with Crippen LogP contribution in [0.3, 0.4) is 0 Å². The molecule has 0 amide bonds. The minimum atomic E-state index is -0.999. The van der Waals surface area contributed by atoms with Crippen molar-refractivity contribution in [2.24, 2.45) is 4.99 Å². The number of aryl methyl sites for hydroxylation is 1. The van der Waals surface area contributed by atoms with Crippen molar-refractivity contribution in [1.82, 2.24) is 15.2 Å². The molecule has 0 bridgehead atoms. The molecule has 1 aromatic carbocycles. The van der Waals surface area contributed by atoms with Crippen LogP contribution in [0.4, 0.5) is 10.1 Å². The Morgan fingerprint density at radius 2 is 1.72 bits per heavy atom. The average molecular weight is 515 g/mol. The third-order valence-corrected chi connectivity index (χ3v) is 7.52. The van der Waals surface area contributed by atoms with Gasteiger partial charge in [-0.15, -0.1) is 11.3 Å². The second kappa shape index (κ2) is 12.9. The molecule has 4 N–H and O–H groups in total. The van der Waals surface area contributed by atoms with Gasteiger partial charge < -0.3 is 20.8 Å². The Morgan fingerprint density at radius 3 is 2.28 bits per heavy atom. The van der Waals surface area contributed by atoms with Crippen molar-refractivity contribution < 1.29 is 19.8 Å². The lowest BCUT2D eigenvalue weighted by Gasteiger charge is -2.28. The lowest BCUT2D eigenvalue weighted by molar-refractivity contribution is 0.0703. The van der Waals surface area contributed by atoms with Gasteiger partial charge in [-0.25, -0.2) is 19.2 Å². The highest BCUT2D eigenvalue weighted by Crippen LogP contribution is 2.40. The Hall–Kier alpha value is -2.88. The molecule has 4 heterocycles. The lowest BCUT2D eigenvalue weighted by Crippen LogP contribution is -2.33. The zero-order chi connectivity index (χ0) is 24.8. The molecule has 2 aliphatic heterocycles. The van der Waals surface area contributed by atoms with Gasteiger partial charge in [0.15, 0.2) is 0 Å². The van der Waals surface area contributed by atoms with Gasteiger partial charge in [-0.3, -0.25) is 0 Å². The van der Waals surface area contributed by atoms with Crippen LogP contribution < -0.4 is 5.32 Å². The third-order valence-electron chi connectivity index (χ3n) is 6.46. The van der Waals surface area contributed by atoms with Crippen molar-refractivity contribution in [2.75, 3.05) is 26.2 Å². The summed E-state index contributed by atoms with van der Waals surface area (Å²) in [5, 5.41) is 13.8. The molecule has 0 aliphatic carbocycles. The summed E-state index contributed by atoms with van der Waals surface area (Å²) in [6.45, 7) is 8.28. The lowest BCUT2D eigenvalue weighted by atomic mass is 10.1. The number of piperidine rings is 2. The van der Waals surface area contributed by atoms with Crippen LogP contribution in [0, 0.1) is 12.7 Å². The number of nitrogens with zero attached hydrogens (tertiary/aromatic N) is 3. The number of likely N-dealkylation sites (tertiary alicyclic amines) is 1. The van der Waals surface area contributed by atoms with Gasteiger partial charge in [-0.1, -0.05) is 6.42 Å². The Kier molecular flexibility index (Phi) is 9.92. The van der Waals surface area contributed by atoms with E-state index in [0.29, 0.717) is 16.2 Å². The molecular formula is C27H35FN4O3S. The number of aromatic carboxylic acids is 1. The van der Waals surface area contributed by atoms with Crippen molar-refractivity contribution >= 4 is 39.0 Å². The third kappa shape index (κ3) is 6.66. The van der Waals surface area contributed by atoms with E-state index < -0.39 is 5.97 Å². The molecule has 5 rings (SSSR count). The maximum Gasteiger partial charge on any atom is 0.348 e. The molecule has 0 saturated carbocycles. The standard InChI is InChI=1S/C22H22FN3O2S.C5H11N.H2O/c1-13-12-17(15-6-8-16(23)9-7-15)25-21-18(13)19(20(29-21)22(27)28)24-14(2)26-10-4-3-5-11-26;1-2-4-6-5-3-1;/h6-9,12H,3-5,10-11H2,1-2H3,(H,27,28);6H,1-5H2;1H2. The van der Waals surface area contributed by atoms with Crippen molar-refractivity contribution in [2.45, 2.75) is 52.4 Å². The van der Waals surface area contributed by atoms with Gasteiger partial charge in [-0.2, -0.15) is 0 Å². The molecule has 0 spiro atoms. The summed E-state index contributed by atoms with van der Waals surface area (Å²) < 4.78 is 13.3. The van der Waals surface area contributed by atoms with E-state index in [9.17, 15) is 14.3 Å². The predicted molar refractivity (Wildman–Crippen MR) is 145 cm³/mol. The summed E-state index contributed by atoms with van der Waals surface area (Å²) in [6.07, 6.45) is 7.70. The summed E-state index contributed by atoms with van der Waals surface area (Å²) in [5.74, 6) is -0.463. The maximum atomic E-state index is 13.3. The summed E-state index contributed by atoms with van der Waals surface area (Å²) >= 11 is 1.14. The number of fused-ring (bicyclic) bond motifs is 1. The summed E-state index contributed by atoms with van der Waals surface area (Å²) in [4.78, 5) is 24.4. The number of carbonyl (C=O) groups is 1. The van der Waals surface area contributed by atoms with Crippen LogP contribution in [-0.2, 0) is 0 Å². The number of aromatic nitrogens is 1. The van der Waals surface area contributed by atoms with Crippen molar-refractivity contribution in [1.29, 1.82) is 0 Å². The topological polar surface area (TPSA) is 109 Å². The fourth-order valence-electron chi connectivity index (χ4n) is 4.54. The van der Waals surface area contributed by atoms with Crippen LogP contribution in [0.1, 0.15) is 60.7 Å². The molecule has 36 heavy (non-hydrogen) atoms. The molecule has 0 atom stereocenters. The zero-order valence-corrected chi connectivity index (χ0v) is 21.8. The van der Waals surface area contributed by atoms with Crippen LogP contribution in [-0.4, -0.2) is 58.5 Å². The number of amidine groups is 1. The fraction of sp³-hybridized carbons (Fsp3) is 0.444. The number of nitrogens with one attached hydrogen (secondary N) is 1. The van der Waals surface area contributed by atoms with Crippen LogP contribution in [0.25, 0.3) is 21.5 Å². The fourth-order valence-corrected chi connectivity index (χ4v) is 5.56. The number of hydrogen-bond donors (Lipinski definition) is 2. The van der Waals surface area contributed by atoms with E-state index in [1.165, 1.54) is 50.9 Å². The van der Waals surface area contributed by atoms with Gasteiger partial charge in [0.05, 0.1) is 5.69 Å². The number of carboxylic acids is 1. The molecule has 0 unspecified atom stereocenters. The average Bonchev–Trinajstić information content (AvgIpc) is 3.25. The molecule has 194 valence electrons. The number of halogens is 1. The van der Waals surface area contributed by atoms with Gasteiger partial charge in [-0.05, 0) is 94.9 Å². The monoisotopic (exact) mass is 514 g/mol. The number of hydrogen-bond acceptors (Lipinski definition) is 5. The SMILES string of the molecule is C1CCNCC1.CC(=Nc1c(C(=O)O)sc2nc(-c3ccc(F)cc3)cc(C)c12)N1CCCCC1.O. The van der Waals surface area contributed by atoms with E-state index in [0.717, 1.165) is 59.6 Å². The molecule has 7 nitrogen and oxygen atoms in total. The molecule has 2 aromatic heterocycles. The highest BCUT2D eigenvalue weighted by atomic mass is 32.1. The molecule has 2 aliphatic rings.